The van der Waals surface area contributed by atoms with E-state index in [9.17, 15) is 13.2 Å². The second-order valence-corrected chi connectivity index (χ2v) is 9.66. The Bertz CT molecular complexity index is 647. The van der Waals surface area contributed by atoms with Crippen LogP contribution in [0.4, 0.5) is 0 Å². The van der Waals surface area contributed by atoms with E-state index in [0.29, 0.717) is 19.3 Å². The number of piperidine rings is 1. The first-order chi connectivity index (χ1) is 10.1. The molecule has 0 bridgehead atoms. The average Bonchev–Trinajstić information content (AvgIpc) is 2.89. The van der Waals surface area contributed by atoms with E-state index in [1.165, 1.54) is 17.5 Å². The molecule has 0 saturated carbocycles. The molecule has 0 radical (unpaired) electrons. The molecule has 6 nitrogen and oxygen atoms in total. The Labute approximate surface area is 135 Å². The second-order valence-electron chi connectivity index (χ2n) is 6.60. The molecule has 2 N–H and O–H groups in total. The van der Waals surface area contributed by atoms with Crippen molar-refractivity contribution >= 4 is 27.3 Å². The molecule has 22 heavy (non-hydrogen) atoms. The van der Waals surface area contributed by atoms with Crippen molar-refractivity contribution in [3.63, 3.8) is 0 Å². The molecule has 1 fully saturated rings. The van der Waals surface area contributed by atoms with Gasteiger partial charge in [-0.05, 0) is 18.3 Å². The average molecular weight is 345 g/mol. The van der Waals surface area contributed by atoms with E-state index in [1.807, 2.05) is 27.7 Å². The normalized spacial score (nSPS) is 23.4. The molecule has 0 aliphatic carbocycles. The summed E-state index contributed by atoms with van der Waals surface area (Å²) < 4.78 is 28.0. The van der Waals surface area contributed by atoms with Crippen LogP contribution in [0, 0.1) is 5.41 Å². The number of rotatable bonds is 4. The monoisotopic (exact) mass is 345 g/mol. The van der Waals surface area contributed by atoms with Gasteiger partial charge in [-0.25, -0.2) is 18.1 Å². The van der Waals surface area contributed by atoms with E-state index in [4.69, 9.17) is 0 Å². The van der Waals surface area contributed by atoms with Gasteiger partial charge in [-0.1, -0.05) is 27.7 Å². The maximum Gasteiger partial charge on any atom is 0.251 e. The number of nitrogens with zero attached hydrogens (tertiary/aromatic N) is 1. The number of amides is 1. The maximum atomic E-state index is 12.5. The van der Waals surface area contributed by atoms with Gasteiger partial charge in [0.15, 0.2) is 4.21 Å². The molecule has 124 valence electrons. The van der Waals surface area contributed by atoms with Crippen LogP contribution in [0.1, 0.15) is 45.5 Å². The van der Waals surface area contributed by atoms with Crippen LogP contribution in [-0.4, -0.2) is 31.4 Å². The first kappa shape index (κ1) is 17.4. The van der Waals surface area contributed by atoms with Crippen molar-refractivity contribution in [1.29, 1.82) is 0 Å². The number of aryl methyl sites for hydroxylation is 1. The fourth-order valence-corrected chi connectivity index (χ4v) is 5.00. The molecule has 0 unspecified atom stereocenters. The van der Waals surface area contributed by atoms with Gasteiger partial charge in [-0.15, -0.1) is 11.3 Å². The van der Waals surface area contributed by atoms with E-state index in [0.717, 1.165) is 5.01 Å². The minimum Gasteiger partial charge on any atom is -0.351 e. The van der Waals surface area contributed by atoms with Gasteiger partial charge in [0, 0.05) is 12.5 Å². The van der Waals surface area contributed by atoms with Crippen LogP contribution in [0.5, 0.6) is 0 Å². The second kappa shape index (κ2) is 6.25. The molecule has 1 aliphatic rings. The number of hydrogen-bond donors (Lipinski definition) is 2. The van der Waals surface area contributed by atoms with Gasteiger partial charge in [-0.2, -0.15) is 0 Å². The minimum atomic E-state index is -3.61. The predicted molar refractivity (Wildman–Crippen MR) is 86.2 cm³/mol. The third-order valence-electron chi connectivity index (χ3n) is 3.74. The predicted octanol–water partition coefficient (Wildman–Crippen LogP) is 1.68. The molecular formula is C14H23N3O3S2. The zero-order valence-corrected chi connectivity index (χ0v) is 15.0. The standard InChI is InChI=1S/C14H23N3O3S2/c1-5-11-15-8-12(21-11)22(19,20)17-9-6-7-10(18)16-13(9)14(2,3)4/h8-9,13,17H,5-7H2,1-4H3,(H,16,18)/t9-,13-/m1/s1. The van der Waals surface area contributed by atoms with E-state index in [2.05, 4.69) is 15.0 Å². The highest BCUT2D eigenvalue weighted by molar-refractivity contribution is 7.91. The zero-order valence-electron chi connectivity index (χ0n) is 13.3. The lowest BCUT2D eigenvalue weighted by molar-refractivity contribution is -0.124. The largest absolute Gasteiger partial charge is 0.351 e. The summed E-state index contributed by atoms with van der Waals surface area (Å²) >= 11 is 1.19. The number of aromatic nitrogens is 1. The van der Waals surface area contributed by atoms with Crippen molar-refractivity contribution in [3.05, 3.63) is 11.2 Å². The van der Waals surface area contributed by atoms with Gasteiger partial charge in [0.05, 0.1) is 17.2 Å². The molecule has 1 aromatic heterocycles. The summed E-state index contributed by atoms with van der Waals surface area (Å²) in [6.45, 7) is 7.92. The van der Waals surface area contributed by atoms with Gasteiger partial charge >= 0.3 is 0 Å². The van der Waals surface area contributed by atoms with Crippen LogP contribution >= 0.6 is 11.3 Å². The quantitative estimate of drug-likeness (QED) is 0.869. The summed E-state index contributed by atoms with van der Waals surface area (Å²) in [6.07, 6.45) is 2.96. The molecule has 2 heterocycles. The molecule has 0 aromatic carbocycles. The number of thiazole rings is 1. The number of nitrogens with one attached hydrogen (secondary N) is 2. The van der Waals surface area contributed by atoms with Crippen LogP contribution in [0.15, 0.2) is 10.4 Å². The SMILES string of the molecule is CCc1ncc(S(=O)(=O)N[C@@H]2CCC(=O)N[C@H]2C(C)(C)C)s1. The van der Waals surface area contributed by atoms with Crippen molar-refractivity contribution < 1.29 is 13.2 Å². The molecule has 1 aromatic rings. The van der Waals surface area contributed by atoms with Crippen molar-refractivity contribution in [2.24, 2.45) is 5.41 Å². The van der Waals surface area contributed by atoms with E-state index < -0.39 is 10.0 Å². The smallest absolute Gasteiger partial charge is 0.251 e. The number of carbonyl (C=O) groups excluding carboxylic acids is 1. The summed E-state index contributed by atoms with van der Waals surface area (Å²) in [4.78, 5) is 15.8. The molecular weight excluding hydrogens is 322 g/mol. The number of carbonyl (C=O) groups is 1. The van der Waals surface area contributed by atoms with Crippen LogP contribution < -0.4 is 10.0 Å². The zero-order chi connectivity index (χ0) is 16.5. The van der Waals surface area contributed by atoms with Crippen LogP contribution in [-0.2, 0) is 21.2 Å². The molecule has 1 amide bonds. The third-order valence-corrected chi connectivity index (χ3v) is 6.83. The fraction of sp³-hybridized carbons (Fsp3) is 0.714. The Kier molecular flexibility index (Phi) is 4.93. The summed E-state index contributed by atoms with van der Waals surface area (Å²) in [7, 11) is -3.61. The lowest BCUT2D eigenvalue weighted by atomic mass is 9.79. The van der Waals surface area contributed by atoms with Gasteiger partial charge in [-0.3, -0.25) is 4.79 Å². The van der Waals surface area contributed by atoms with E-state index in [1.54, 1.807) is 0 Å². The highest BCUT2D eigenvalue weighted by Crippen LogP contribution is 2.28. The van der Waals surface area contributed by atoms with Crippen LogP contribution in [0.3, 0.4) is 0 Å². The fourth-order valence-electron chi connectivity index (χ4n) is 2.59. The van der Waals surface area contributed by atoms with E-state index in [-0.39, 0.29) is 27.6 Å². The summed E-state index contributed by atoms with van der Waals surface area (Å²) in [5.74, 6) is -0.0265. The Morgan fingerprint density at radius 1 is 1.45 bits per heavy atom. The topological polar surface area (TPSA) is 88.2 Å². The Hall–Kier alpha value is -0.990. The lowest BCUT2D eigenvalue weighted by Gasteiger charge is -2.40. The summed E-state index contributed by atoms with van der Waals surface area (Å²) in [5.41, 5.74) is -0.231. The molecule has 2 rings (SSSR count). The molecule has 0 spiro atoms. The maximum absolute atomic E-state index is 12.5. The van der Waals surface area contributed by atoms with Crippen molar-refractivity contribution in [2.75, 3.05) is 0 Å². The minimum absolute atomic E-state index is 0.0265. The van der Waals surface area contributed by atoms with Gasteiger partial charge in [0.25, 0.3) is 10.0 Å². The third kappa shape index (κ3) is 3.85. The Morgan fingerprint density at radius 2 is 2.14 bits per heavy atom. The van der Waals surface area contributed by atoms with Crippen molar-refractivity contribution in [3.8, 4) is 0 Å². The summed E-state index contributed by atoms with van der Waals surface area (Å²) in [6, 6.07) is -0.544. The first-order valence-corrected chi connectivity index (χ1v) is 9.70. The van der Waals surface area contributed by atoms with Crippen molar-refractivity contribution in [1.82, 2.24) is 15.0 Å². The van der Waals surface area contributed by atoms with Crippen LogP contribution in [0.2, 0.25) is 0 Å². The van der Waals surface area contributed by atoms with E-state index >= 15 is 0 Å². The molecule has 1 aliphatic heterocycles. The molecule has 8 heteroatoms. The van der Waals surface area contributed by atoms with Gasteiger partial charge < -0.3 is 5.32 Å². The first-order valence-electron chi connectivity index (χ1n) is 7.40. The van der Waals surface area contributed by atoms with Gasteiger partial charge in [0.2, 0.25) is 5.91 Å². The van der Waals surface area contributed by atoms with Crippen molar-refractivity contribution in [2.45, 2.75) is 63.3 Å². The van der Waals surface area contributed by atoms with Gasteiger partial charge in [0.1, 0.15) is 0 Å². The molecule has 2 atom stereocenters. The highest BCUT2D eigenvalue weighted by atomic mass is 32.2. The lowest BCUT2D eigenvalue weighted by Crippen LogP contribution is -2.60. The number of sulfonamides is 1. The Balaban J connectivity index is 2.21. The Morgan fingerprint density at radius 3 is 2.68 bits per heavy atom. The number of hydrogen-bond acceptors (Lipinski definition) is 5. The highest BCUT2D eigenvalue weighted by Gasteiger charge is 2.39. The summed E-state index contributed by atoms with van der Waals surface area (Å²) in [5, 5.41) is 3.71. The molecule has 1 saturated heterocycles. The van der Waals surface area contributed by atoms with Crippen LogP contribution in [0.25, 0.3) is 0 Å².